The second kappa shape index (κ2) is 5.11. The lowest BCUT2D eigenvalue weighted by atomic mass is 10.1. The Hall–Kier alpha value is -0.660. The van der Waals surface area contributed by atoms with Gasteiger partial charge in [-0.3, -0.25) is 0 Å². The molecule has 1 atom stereocenters. The van der Waals surface area contributed by atoms with Crippen molar-refractivity contribution in [1.29, 1.82) is 5.26 Å². The molecule has 0 N–H and O–H groups in total. The number of rotatable bonds is 2. The largest absolute Gasteiger partial charge is 0.370 e. The molecule has 0 amide bonds. The molecule has 1 fully saturated rings. The number of halogens is 1. The molecule has 2 rings (SSSR count). The average molecular weight is 297 g/mol. The maximum atomic E-state index is 9.10. The van der Waals surface area contributed by atoms with E-state index in [1.165, 1.54) is 12.2 Å². The van der Waals surface area contributed by atoms with Gasteiger partial charge in [0.2, 0.25) is 0 Å². The summed E-state index contributed by atoms with van der Waals surface area (Å²) in [4.78, 5) is 2.24. The van der Waals surface area contributed by atoms with Crippen LogP contribution in [0.5, 0.6) is 0 Å². The summed E-state index contributed by atoms with van der Waals surface area (Å²) in [6.07, 6.45) is 1.21. The maximum absolute atomic E-state index is 9.10. The summed E-state index contributed by atoms with van der Waals surface area (Å²) in [7, 11) is 2.08. The zero-order chi connectivity index (χ0) is 11.5. The molecule has 0 bridgehead atoms. The van der Waals surface area contributed by atoms with Crippen molar-refractivity contribution < 1.29 is 0 Å². The number of thioether (sulfide) groups is 1. The van der Waals surface area contributed by atoms with Crippen LogP contribution in [0.15, 0.2) is 22.7 Å². The number of nitrogens with zero attached hydrogens (tertiary/aromatic N) is 2. The molecule has 0 saturated carbocycles. The van der Waals surface area contributed by atoms with Crippen LogP contribution in [0, 0.1) is 11.3 Å². The molecule has 0 radical (unpaired) electrons. The molecule has 1 unspecified atom stereocenters. The molecule has 1 aromatic carbocycles. The van der Waals surface area contributed by atoms with E-state index < -0.39 is 0 Å². The van der Waals surface area contributed by atoms with Gasteiger partial charge in [0.1, 0.15) is 6.07 Å². The smallest absolute Gasteiger partial charge is 0.101 e. The normalized spacial score (nSPS) is 19.4. The molecule has 1 aromatic rings. The lowest BCUT2D eigenvalue weighted by molar-refractivity contribution is 0.699. The Kier molecular flexibility index (Phi) is 3.78. The first-order valence-corrected chi connectivity index (χ1v) is 7.17. The number of hydrogen-bond acceptors (Lipinski definition) is 3. The summed E-state index contributed by atoms with van der Waals surface area (Å²) in [5, 5.41) is 9.10. The molecule has 1 heterocycles. The van der Waals surface area contributed by atoms with Crippen molar-refractivity contribution in [2.45, 2.75) is 12.5 Å². The first-order chi connectivity index (χ1) is 7.72. The molecule has 1 aliphatic rings. The van der Waals surface area contributed by atoms with E-state index in [9.17, 15) is 0 Å². The molecule has 0 aliphatic carbocycles. The van der Waals surface area contributed by atoms with E-state index >= 15 is 0 Å². The van der Waals surface area contributed by atoms with Gasteiger partial charge in [0, 0.05) is 23.3 Å². The SMILES string of the molecule is CN(c1cc(Br)ccc1C#N)C1CCSC1. The minimum absolute atomic E-state index is 0.561. The van der Waals surface area contributed by atoms with Gasteiger partial charge in [-0.25, -0.2) is 0 Å². The molecule has 1 saturated heterocycles. The maximum Gasteiger partial charge on any atom is 0.101 e. The van der Waals surface area contributed by atoms with Crippen LogP contribution in [-0.4, -0.2) is 24.6 Å². The molecular formula is C12H13BrN2S. The summed E-state index contributed by atoms with van der Waals surface area (Å²) in [5.41, 5.74) is 1.78. The topological polar surface area (TPSA) is 27.0 Å². The molecule has 0 aromatic heterocycles. The highest BCUT2D eigenvalue weighted by molar-refractivity contribution is 9.10. The second-order valence-electron chi connectivity index (χ2n) is 3.90. The third kappa shape index (κ3) is 2.36. The number of anilines is 1. The monoisotopic (exact) mass is 296 g/mol. The fourth-order valence-electron chi connectivity index (χ4n) is 1.92. The summed E-state index contributed by atoms with van der Waals surface area (Å²) >= 11 is 5.45. The molecular weight excluding hydrogens is 284 g/mol. The predicted molar refractivity (Wildman–Crippen MR) is 73.0 cm³/mol. The van der Waals surface area contributed by atoms with Crippen LogP contribution in [0.2, 0.25) is 0 Å². The van der Waals surface area contributed by atoms with Crippen LogP contribution in [0.1, 0.15) is 12.0 Å². The highest BCUT2D eigenvalue weighted by atomic mass is 79.9. The first-order valence-electron chi connectivity index (χ1n) is 5.22. The molecule has 1 aliphatic heterocycles. The molecule has 84 valence electrons. The molecule has 16 heavy (non-hydrogen) atoms. The van der Waals surface area contributed by atoms with Gasteiger partial charge in [0.05, 0.1) is 11.3 Å². The van der Waals surface area contributed by atoms with Crippen LogP contribution >= 0.6 is 27.7 Å². The van der Waals surface area contributed by atoms with E-state index in [1.807, 2.05) is 30.0 Å². The van der Waals surface area contributed by atoms with Gasteiger partial charge in [0.25, 0.3) is 0 Å². The van der Waals surface area contributed by atoms with Crippen LogP contribution in [0.4, 0.5) is 5.69 Å². The van der Waals surface area contributed by atoms with Gasteiger partial charge < -0.3 is 4.90 Å². The van der Waals surface area contributed by atoms with Crippen molar-refractivity contribution in [3.63, 3.8) is 0 Å². The zero-order valence-electron chi connectivity index (χ0n) is 9.11. The Morgan fingerprint density at radius 2 is 2.38 bits per heavy atom. The van der Waals surface area contributed by atoms with Gasteiger partial charge in [0.15, 0.2) is 0 Å². The van der Waals surface area contributed by atoms with E-state index in [4.69, 9.17) is 5.26 Å². The number of benzene rings is 1. The van der Waals surface area contributed by atoms with Gasteiger partial charge in [-0.15, -0.1) is 0 Å². The highest BCUT2D eigenvalue weighted by Gasteiger charge is 2.22. The lowest BCUT2D eigenvalue weighted by Crippen LogP contribution is -2.31. The third-order valence-corrected chi connectivity index (χ3v) is 4.55. The Balaban J connectivity index is 2.31. The van der Waals surface area contributed by atoms with Crippen molar-refractivity contribution in [3.8, 4) is 6.07 Å². The third-order valence-electron chi connectivity index (χ3n) is 2.91. The van der Waals surface area contributed by atoms with E-state index in [-0.39, 0.29) is 0 Å². The molecule has 4 heteroatoms. The Labute approximate surface area is 109 Å². The second-order valence-corrected chi connectivity index (χ2v) is 5.97. The predicted octanol–water partition coefficient (Wildman–Crippen LogP) is 3.26. The minimum Gasteiger partial charge on any atom is -0.370 e. The van der Waals surface area contributed by atoms with E-state index in [1.54, 1.807) is 0 Å². The Morgan fingerprint density at radius 1 is 1.56 bits per heavy atom. The Bertz CT molecular complexity index is 422. The van der Waals surface area contributed by atoms with Gasteiger partial charge in [-0.05, 0) is 30.4 Å². The van der Waals surface area contributed by atoms with Crippen molar-refractivity contribution in [2.24, 2.45) is 0 Å². The van der Waals surface area contributed by atoms with Crippen molar-refractivity contribution in [1.82, 2.24) is 0 Å². The minimum atomic E-state index is 0.561. The summed E-state index contributed by atoms with van der Waals surface area (Å²) in [6, 6.07) is 8.64. The summed E-state index contributed by atoms with van der Waals surface area (Å²) < 4.78 is 1.03. The van der Waals surface area contributed by atoms with Crippen molar-refractivity contribution >= 4 is 33.4 Å². The fraction of sp³-hybridized carbons (Fsp3) is 0.417. The number of nitriles is 1. The van der Waals surface area contributed by atoms with Crippen LogP contribution in [0.25, 0.3) is 0 Å². The highest BCUT2D eigenvalue weighted by Crippen LogP contribution is 2.30. The number of hydrogen-bond donors (Lipinski definition) is 0. The van der Waals surface area contributed by atoms with Crippen LogP contribution < -0.4 is 4.90 Å². The van der Waals surface area contributed by atoms with E-state index in [2.05, 4.69) is 33.9 Å². The lowest BCUT2D eigenvalue weighted by Gasteiger charge is -2.27. The first kappa shape index (κ1) is 11.8. The van der Waals surface area contributed by atoms with Crippen LogP contribution in [-0.2, 0) is 0 Å². The van der Waals surface area contributed by atoms with E-state index in [0.29, 0.717) is 6.04 Å². The van der Waals surface area contributed by atoms with Crippen molar-refractivity contribution in [2.75, 3.05) is 23.5 Å². The molecule has 2 nitrogen and oxygen atoms in total. The molecule has 0 spiro atoms. The standard InChI is InChI=1S/C12H13BrN2S/c1-15(11-4-5-16-8-11)12-6-10(13)3-2-9(12)7-14/h2-3,6,11H,4-5,8H2,1H3. The fourth-order valence-corrected chi connectivity index (χ4v) is 3.53. The quantitative estimate of drug-likeness (QED) is 0.838. The van der Waals surface area contributed by atoms with Crippen molar-refractivity contribution in [3.05, 3.63) is 28.2 Å². The zero-order valence-corrected chi connectivity index (χ0v) is 11.5. The summed E-state index contributed by atoms with van der Waals surface area (Å²) in [5.74, 6) is 2.39. The summed E-state index contributed by atoms with van der Waals surface area (Å²) in [6.45, 7) is 0. The average Bonchev–Trinajstić information content (AvgIpc) is 2.81. The van der Waals surface area contributed by atoms with Gasteiger partial charge in [-0.1, -0.05) is 15.9 Å². The van der Waals surface area contributed by atoms with E-state index in [0.717, 1.165) is 21.5 Å². The van der Waals surface area contributed by atoms with Gasteiger partial charge >= 0.3 is 0 Å². The Morgan fingerprint density at radius 3 is 3.00 bits per heavy atom. The van der Waals surface area contributed by atoms with Crippen LogP contribution in [0.3, 0.4) is 0 Å². The van der Waals surface area contributed by atoms with Gasteiger partial charge in [-0.2, -0.15) is 17.0 Å².